The van der Waals surface area contributed by atoms with E-state index in [4.69, 9.17) is 16.3 Å². The topological polar surface area (TPSA) is 103 Å². The first kappa shape index (κ1) is 10.8. The largest absolute Gasteiger partial charge is 0.385 e. The predicted octanol–water partition coefficient (Wildman–Crippen LogP) is 0.103. The second-order valence-corrected chi connectivity index (χ2v) is 2.47. The molecule has 0 atom stereocenters. The Balaban J connectivity index is 2.98. The molecule has 7 heteroatoms. The summed E-state index contributed by atoms with van der Waals surface area (Å²) >= 11 is 0. The van der Waals surface area contributed by atoms with Crippen molar-refractivity contribution in [2.75, 3.05) is 23.1 Å². The Morgan fingerprint density at radius 2 is 1.80 bits per heavy atom. The molecular formula is C8H12N6O. The molecule has 0 radical (unpaired) electrons. The fraction of sp³-hybridized carbons (Fsp3) is 0.125. The Hall–Kier alpha value is -2.31. The summed E-state index contributed by atoms with van der Waals surface area (Å²) in [4.78, 5) is 16.4. The lowest BCUT2D eigenvalue weighted by Crippen LogP contribution is -2.24. The van der Waals surface area contributed by atoms with E-state index in [1.54, 1.807) is 6.08 Å². The molecule has 1 aromatic rings. The molecule has 0 unspecified atom stereocenters. The maximum absolute atomic E-state index is 5.41. The van der Waals surface area contributed by atoms with Gasteiger partial charge in [-0.25, -0.2) is 0 Å². The molecule has 1 heterocycles. The van der Waals surface area contributed by atoms with Crippen LogP contribution in [-0.4, -0.2) is 21.5 Å². The molecule has 0 bridgehead atoms. The molecule has 1 aromatic heterocycles. The van der Waals surface area contributed by atoms with Crippen molar-refractivity contribution >= 4 is 17.8 Å². The maximum atomic E-state index is 5.41. The molecule has 0 aliphatic heterocycles. The van der Waals surface area contributed by atoms with Gasteiger partial charge in [0.15, 0.2) is 0 Å². The van der Waals surface area contributed by atoms with E-state index in [2.05, 4.69) is 28.1 Å². The van der Waals surface area contributed by atoms with Crippen molar-refractivity contribution in [3.05, 3.63) is 25.5 Å². The summed E-state index contributed by atoms with van der Waals surface area (Å²) in [5.74, 6) is 0.262. The Morgan fingerprint density at radius 1 is 1.20 bits per heavy atom. The molecule has 0 aromatic carbocycles. The van der Waals surface area contributed by atoms with Gasteiger partial charge < -0.3 is 16.3 Å². The Labute approximate surface area is 87.0 Å². The number of rotatable bonds is 5. The number of aromatic nitrogens is 3. The molecule has 4 N–H and O–H groups in total. The first-order valence-electron chi connectivity index (χ1n) is 4.10. The van der Waals surface area contributed by atoms with Crippen LogP contribution in [0.25, 0.3) is 0 Å². The van der Waals surface area contributed by atoms with Crippen LogP contribution in [0.2, 0.25) is 0 Å². The van der Waals surface area contributed by atoms with E-state index in [1.807, 2.05) is 0 Å². The average Bonchev–Trinajstić information content (AvgIpc) is 2.16. The molecule has 0 aliphatic rings. The first-order chi connectivity index (χ1) is 7.17. The summed E-state index contributed by atoms with van der Waals surface area (Å²) in [5.41, 5.74) is 10.8. The summed E-state index contributed by atoms with van der Waals surface area (Å²) in [6.07, 6.45) is 2.85. The second-order valence-electron chi connectivity index (χ2n) is 2.47. The molecular weight excluding hydrogens is 196 g/mol. The van der Waals surface area contributed by atoms with Gasteiger partial charge in [0.25, 0.3) is 5.95 Å². The van der Waals surface area contributed by atoms with Gasteiger partial charge >= 0.3 is 0 Å². The Bertz CT molecular complexity index is 336. The lowest BCUT2D eigenvalue weighted by Gasteiger charge is -2.18. The minimum Gasteiger partial charge on any atom is -0.385 e. The highest BCUT2D eigenvalue weighted by atomic mass is 16.7. The van der Waals surface area contributed by atoms with Crippen molar-refractivity contribution in [1.29, 1.82) is 0 Å². The zero-order valence-electron chi connectivity index (χ0n) is 8.13. The van der Waals surface area contributed by atoms with Crippen LogP contribution in [0, 0.1) is 0 Å². The molecule has 1 rings (SSSR count). The van der Waals surface area contributed by atoms with E-state index in [1.165, 1.54) is 11.3 Å². The van der Waals surface area contributed by atoms with Crippen molar-refractivity contribution in [3.63, 3.8) is 0 Å². The van der Waals surface area contributed by atoms with E-state index in [-0.39, 0.29) is 17.8 Å². The molecule has 0 fully saturated rings. The number of anilines is 3. The highest BCUT2D eigenvalue weighted by molar-refractivity contribution is 5.38. The molecule has 0 saturated heterocycles. The van der Waals surface area contributed by atoms with Crippen LogP contribution in [0.3, 0.4) is 0 Å². The number of nitrogen functional groups attached to an aromatic ring is 2. The smallest absolute Gasteiger partial charge is 0.266 e. The van der Waals surface area contributed by atoms with Gasteiger partial charge in [-0.05, 0) is 0 Å². The zero-order valence-corrected chi connectivity index (χ0v) is 8.13. The lowest BCUT2D eigenvalue weighted by molar-refractivity contribution is 0.219. The normalized spacial score (nSPS) is 9.33. The number of nitrogens with two attached hydrogens (primary N) is 2. The molecule has 7 nitrogen and oxygen atoms in total. The highest BCUT2D eigenvalue weighted by Gasteiger charge is 2.10. The van der Waals surface area contributed by atoms with Crippen molar-refractivity contribution in [2.45, 2.75) is 0 Å². The van der Waals surface area contributed by atoms with Gasteiger partial charge in [-0.3, -0.25) is 0 Å². The van der Waals surface area contributed by atoms with Crippen LogP contribution < -0.4 is 16.5 Å². The van der Waals surface area contributed by atoms with Crippen LogP contribution in [-0.2, 0) is 4.84 Å². The second kappa shape index (κ2) is 4.80. The molecule has 0 aliphatic carbocycles. The number of hydrogen-bond donors (Lipinski definition) is 2. The molecule has 0 saturated carbocycles. The van der Waals surface area contributed by atoms with Gasteiger partial charge in [0.1, 0.15) is 6.26 Å². The van der Waals surface area contributed by atoms with E-state index in [9.17, 15) is 0 Å². The van der Waals surface area contributed by atoms with Gasteiger partial charge in [0.2, 0.25) is 11.9 Å². The third-order valence-electron chi connectivity index (χ3n) is 1.38. The van der Waals surface area contributed by atoms with E-state index in [0.717, 1.165) is 0 Å². The standard InChI is InChI=1S/C8H12N6O/c1-3-5-14(15-4-2)8-12-6(9)11-7(10)13-8/h3-4H,1-2,5H2,(H4,9,10,11,12,13). The molecule has 0 spiro atoms. The number of nitrogens with zero attached hydrogens (tertiary/aromatic N) is 4. The van der Waals surface area contributed by atoms with E-state index >= 15 is 0 Å². The Kier molecular flexibility index (Phi) is 3.44. The van der Waals surface area contributed by atoms with E-state index in [0.29, 0.717) is 6.54 Å². The van der Waals surface area contributed by atoms with Gasteiger partial charge in [0.05, 0.1) is 6.54 Å². The Morgan fingerprint density at radius 3 is 2.27 bits per heavy atom. The highest BCUT2D eigenvalue weighted by Crippen LogP contribution is 2.10. The lowest BCUT2D eigenvalue weighted by atomic mass is 10.6. The number of hydrogen-bond acceptors (Lipinski definition) is 7. The minimum atomic E-state index is 0.0271. The van der Waals surface area contributed by atoms with Gasteiger partial charge in [-0.15, -0.1) is 6.58 Å². The van der Waals surface area contributed by atoms with Crippen LogP contribution in [0.1, 0.15) is 0 Å². The van der Waals surface area contributed by atoms with Gasteiger partial charge in [-0.1, -0.05) is 12.7 Å². The van der Waals surface area contributed by atoms with E-state index < -0.39 is 0 Å². The van der Waals surface area contributed by atoms with Crippen LogP contribution in [0.4, 0.5) is 17.8 Å². The maximum Gasteiger partial charge on any atom is 0.266 e. The van der Waals surface area contributed by atoms with Crippen LogP contribution in [0.15, 0.2) is 25.5 Å². The van der Waals surface area contributed by atoms with Crippen molar-refractivity contribution in [1.82, 2.24) is 15.0 Å². The summed E-state index contributed by atoms with van der Waals surface area (Å²) < 4.78 is 0. The predicted molar refractivity (Wildman–Crippen MR) is 57.5 cm³/mol. The average molecular weight is 208 g/mol. The third kappa shape index (κ3) is 2.83. The van der Waals surface area contributed by atoms with Crippen molar-refractivity contribution in [3.8, 4) is 0 Å². The third-order valence-corrected chi connectivity index (χ3v) is 1.38. The van der Waals surface area contributed by atoms with Gasteiger partial charge in [0, 0.05) is 0 Å². The number of hydroxylamine groups is 1. The summed E-state index contributed by atoms with van der Waals surface area (Å²) in [6, 6.07) is 0. The fourth-order valence-corrected chi connectivity index (χ4v) is 0.888. The first-order valence-corrected chi connectivity index (χ1v) is 4.10. The monoisotopic (exact) mass is 208 g/mol. The molecule has 0 amide bonds. The zero-order chi connectivity index (χ0) is 11.3. The fourth-order valence-electron chi connectivity index (χ4n) is 0.888. The molecule has 80 valence electrons. The molecule has 15 heavy (non-hydrogen) atoms. The van der Waals surface area contributed by atoms with Crippen LogP contribution >= 0.6 is 0 Å². The summed E-state index contributed by atoms with van der Waals surface area (Å²) in [5, 5.41) is 1.33. The van der Waals surface area contributed by atoms with Crippen molar-refractivity contribution in [2.24, 2.45) is 0 Å². The summed E-state index contributed by atoms with van der Waals surface area (Å²) in [7, 11) is 0. The SMILES string of the molecule is C=CCN(OC=C)c1nc(N)nc(N)n1. The van der Waals surface area contributed by atoms with Crippen LogP contribution in [0.5, 0.6) is 0 Å². The summed E-state index contributed by atoms with van der Waals surface area (Å²) in [6.45, 7) is 7.35. The minimum absolute atomic E-state index is 0.0271. The van der Waals surface area contributed by atoms with Crippen molar-refractivity contribution < 1.29 is 4.84 Å². The van der Waals surface area contributed by atoms with Gasteiger partial charge in [-0.2, -0.15) is 20.0 Å². The quantitative estimate of drug-likeness (QED) is 0.402.